The topological polar surface area (TPSA) is 129 Å². The molecular formula is C27H47N3O3. The second kappa shape index (κ2) is 9.22. The van der Waals surface area contributed by atoms with Crippen LogP contribution in [0.25, 0.3) is 0 Å². The molecule has 0 spiro atoms. The molecule has 3 rings (SSSR count). The van der Waals surface area contributed by atoms with Crippen LogP contribution in [-0.2, 0) is 14.4 Å². The van der Waals surface area contributed by atoms with Gasteiger partial charge in [0.2, 0.25) is 17.7 Å². The van der Waals surface area contributed by atoms with Gasteiger partial charge in [-0.15, -0.1) is 0 Å². The molecule has 6 nitrogen and oxygen atoms in total. The van der Waals surface area contributed by atoms with Gasteiger partial charge in [-0.2, -0.15) is 0 Å². The molecule has 188 valence electrons. The Morgan fingerprint density at radius 2 is 0.909 bits per heavy atom. The van der Waals surface area contributed by atoms with Crippen molar-refractivity contribution in [3.63, 3.8) is 0 Å². The highest BCUT2D eigenvalue weighted by Gasteiger charge is 2.77. The van der Waals surface area contributed by atoms with Crippen LogP contribution in [0.4, 0.5) is 0 Å². The van der Waals surface area contributed by atoms with Crippen molar-refractivity contribution >= 4 is 17.7 Å². The highest BCUT2D eigenvalue weighted by Crippen LogP contribution is 2.75. The van der Waals surface area contributed by atoms with Crippen LogP contribution in [-0.4, -0.2) is 17.7 Å². The van der Waals surface area contributed by atoms with E-state index in [1.807, 2.05) is 0 Å². The molecule has 3 aliphatic carbocycles. The van der Waals surface area contributed by atoms with Crippen LogP contribution in [0.15, 0.2) is 0 Å². The lowest BCUT2D eigenvalue weighted by molar-refractivity contribution is -0.230. The quantitative estimate of drug-likeness (QED) is 0.483. The number of nitrogens with two attached hydrogens (primary N) is 3. The maximum absolute atomic E-state index is 14.2. The van der Waals surface area contributed by atoms with Crippen LogP contribution >= 0.6 is 0 Å². The zero-order valence-corrected chi connectivity index (χ0v) is 21.3. The molecule has 0 aromatic heterocycles. The molecule has 33 heavy (non-hydrogen) atoms. The second-order valence-electron chi connectivity index (χ2n) is 12.4. The smallest absolute Gasteiger partial charge is 0.225 e. The Bertz CT molecular complexity index is 735. The number of primary amides is 3. The molecule has 3 saturated carbocycles. The summed E-state index contributed by atoms with van der Waals surface area (Å²) in [6, 6.07) is 0. The highest BCUT2D eigenvalue weighted by atomic mass is 16.2. The predicted octanol–water partition coefficient (Wildman–Crippen LogP) is 4.72. The first-order chi connectivity index (χ1) is 15.4. The van der Waals surface area contributed by atoms with E-state index in [1.54, 1.807) is 0 Å². The van der Waals surface area contributed by atoms with Crippen molar-refractivity contribution in [2.45, 2.75) is 124 Å². The summed E-state index contributed by atoms with van der Waals surface area (Å²) in [7, 11) is 0. The van der Waals surface area contributed by atoms with Gasteiger partial charge < -0.3 is 17.2 Å². The molecule has 0 aromatic carbocycles. The fraction of sp³-hybridized carbons (Fsp3) is 0.889. The third kappa shape index (κ3) is 3.70. The summed E-state index contributed by atoms with van der Waals surface area (Å²) in [5.74, 6) is -1.56. The van der Waals surface area contributed by atoms with Crippen molar-refractivity contribution in [3.05, 3.63) is 0 Å². The van der Waals surface area contributed by atoms with Gasteiger partial charge in [0.1, 0.15) is 0 Å². The molecular weight excluding hydrogens is 414 g/mol. The van der Waals surface area contributed by atoms with E-state index < -0.39 is 44.8 Å². The van der Waals surface area contributed by atoms with Crippen LogP contribution in [0.1, 0.15) is 124 Å². The number of hydrogen-bond acceptors (Lipinski definition) is 3. The first kappa shape index (κ1) is 26.0. The third-order valence-electron chi connectivity index (χ3n) is 10.6. The minimum absolute atomic E-state index is 0.201. The van der Waals surface area contributed by atoms with Gasteiger partial charge in [0.15, 0.2) is 0 Å². The van der Waals surface area contributed by atoms with Crippen LogP contribution in [0.5, 0.6) is 0 Å². The lowest BCUT2D eigenvalue weighted by atomic mass is 9.31. The SMILES string of the molecule is CC1(C(CC(N)=O)(C(N)=O)C(C(N)=O)(C2(C)CCCCC2)C2(C)CCCCC2)CCCCC1. The first-order valence-corrected chi connectivity index (χ1v) is 13.3. The van der Waals surface area contributed by atoms with Crippen molar-refractivity contribution in [1.82, 2.24) is 0 Å². The summed E-state index contributed by atoms with van der Waals surface area (Å²) < 4.78 is 0. The van der Waals surface area contributed by atoms with Crippen molar-refractivity contribution in [2.24, 2.45) is 44.3 Å². The van der Waals surface area contributed by atoms with E-state index >= 15 is 0 Å². The van der Waals surface area contributed by atoms with Crippen LogP contribution in [0.3, 0.4) is 0 Å². The van der Waals surface area contributed by atoms with Crippen LogP contribution < -0.4 is 17.2 Å². The lowest BCUT2D eigenvalue weighted by Crippen LogP contribution is -2.75. The number of carbonyl (C=O) groups excluding carboxylic acids is 3. The normalized spacial score (nSPS) is 26.6. The van der Waals surface area contributed by atoms with Gasteiger partial charge in [0, 0.05) is 6.42 Å². The van der Waals surface area contributed by atoms with Crippen molar-refractivity contribution in [3.8, 4) is 0 Å². The second-order valence-corrected chi connectivity index (χ2v) is 12.4. The van der Waals surface area contributed by atoms with Gasteiger partial charge in [0.25, 0.3) is 0 Å². The van der Waals surface area contributed by atoms with E-state index in [0.717, 1.165) is 96.3 Å². The summed E-state index contributed by atoms with van der Waals surface area (Å²) in [5, 5.41) is 0. The third-order valence-corrected chi connectivity index (χ3v) is 10.6. The summed E-state index contributed by atoms with van der Waals surface area (Å²) in [4.78, 5) is 41.0. The Morgan fingerprint density at radius 3 is 1.18 bits per heavy atom. The maximum atomic E-state index is 14.2. The fourth-order valence-electron chi connectivity index (χ4n) is 9.37. The lowest BCUT2D eigenvalue weighted by Gasteiger charge is -2.69. The van der Waals surface area contributed by atoms with Crippen molar-refractivity contribution in [1.29, 1.82) is 0 Å². The Labute approximate surface area is 200 Å². The molecule has 0 heterocycles. The molecule has 0 radical (unpaired) electrons. The van der Waals surface area contributed by atoms with E-state index in [1.165, 1.54) is 0 Å². The molecule has 0 saturated heterocycles. The van der Waals surface area contributed by atoms with E-state index in [9.17, 15) is 14.4 Å². The Kier molecular flexibility index (Phi) is 7.27. The molecule has 3 aliphatic rings. The van der Waals surface area contributed by atoms with Crippen molar-refractivity contribution in [2.75, 3.05) is 0 Å². The largest absolute Gasteiger partial charge is 0.370 e. The molecule has 1 unspecified atom stereocenters. The average molecular weight is 462 g/mol. The number of hydrogen-bond donors (Lipinski definition) is 3. The van der Waals surface area contributed by atoms with Crippen LogP contribution in [0.2, 0.25) is 0 Å². The minimum atomic E-state index is -1.41. The molecule has 6 N–H and O–H groups in total. The molecule has 0 aromatic rings. The molecule has 1 atom stereocenters. The van der Waals surface area contributed by atoms with Gasteiger partial charge in [0.05, 0.1) is 10.8 Å². The molecule has 6 heteroatoms. The first-order valence-electron chi connectivity index (χ1n) is 13.3. The van der Waals surface area contributed by atoms with Crippen LogP contribution in [0, 0.1) is 27.1 Å². The van der Waals surface area contributed by atoms with Gasteiger partial charge in [-0.25, -0.2) is 0 Å². The number of carbonyl (C=O) groups is 3. The zero-order chi connectivity index (χ0) is 24.5. The predicted molar refractivity (Wildman–Crippen MR) is 131 cm³/mol. The summed E-state index contributed by atoms with van der Waals surface area (Å²) >= 11 is 0. The zero-order valence-electron chi connectivity index (χ0n) is 21.3. The molecule has 0 bridgehead atoms. The van der Waals surface area contributed by atoms with Gasteiger partial charge in [-0.1, -0.05) is 78.6 Å². The summed E-state index contributed by atoms with van der Waals surface area (Å²) in [6.07, 6.45) is 13.7. The summed E-state index contributed by atoms with van der Waals surface area (Å²) in [5.41, 5.74) is 14.6. The van der Waals surface area contributed by atoms with E-state index in [2.05, 4.69) is 20.8 Å². The monoisotopic (exact) mass is 461 g/mol. The van der Waals surface area contributed by atoms with Gasteiger partial charge in [-0.3, -0.25) is 14.4 Å². The Hall–Kier alpha value is -1.59. The standard InChI is InChI=1S/C27H47N3O3/c1-23(13-7-4-8-14-23)26(21(29)32,19-20(28)31)27(22(30)33,24(2)15-9-5-10-16-24)25(3)17-11-6-12-18-25/h4-19H2,1-3H3,(H2,28,31)(H2,29,32)(H2,30,33). The van der Waals surface area contributed by atoms with E-state index in [0.29, 0.717) is 0 Å². The highest BCUT2D eigenvalue weighted by molar-refractivity contribution is 5.97. The fourth-order valence-corrected chi connectivity index (χ4v) is 9.37. The molecule has 0 aliphatic heterocycles. The minimum Gasteiger partial charge on any atom is -0.370 e. The maximum Gasteiger partial charge on any atom is 0.225 e. The van der Waals surface area contributed by atoms with Gasteiger partial charge in [-0.05, 0) is 54.8 Å². The van der Waals surface area contributed by atoms with E-state index in [4.69, 9.17) is 17.2 Å². The summed E-state index contributed by atoms with van der Waals surface area (Å²) in [6.45, 7) is 6.43. The Morgan fingerprint density at radius 1 is 0.576 bits per heavy atom. The molecule has 3 fully saturated rings. The van der Waals surface area contributed by atoms with Crippen molar-refractivity contribution < 1.29 is 14.4 Å². The van der Waals surface area contributed by atoms with E-state index in [-0.39, 0.29) is 6.42 Å². The number of amides is 3. The Balaban J connectivity index is 2.47. The average Bonchev–Trinajstić information content (AvgIpc) is 2.73. The van der Waals surface area contributed by atoms with Gasteiger partial charge >= 0.3 is 0 Å². The molecule has 3 amide bonds. The number of rotatable bonds is 8.